The SMILES string of the molecule is C=C/C(=C\C=C\Cl)c1nc2ccccc2[nH]1.C=C/C=C(\C=C)C(CC(=O)c1cccc(C(=O)O)c1)CN1CCCCC1. The molecular weight excluding hydrogens is 546 g/mol. The average molecular weight is 584 g/mol. The quantitative estimate of drug-likeness (QED) is 0.166. The molecule has 1 unspecified atom stereocenters. The van der Waals surface area contributed by atoms with Crippen LogP contribution >= 0.6 is 11.6 Å². The first-order valence-electron chi connectivity index (χ1n) is 14.0. The Kier molecular flexibility index (Phi) is 13.0. The summed E-state index contributed by atoms with van der Waals surface area (Å²) < 4.78 is 0. The minimum Gasteiger partial charge on any atom is -0.478 e. The number of nitrogens with zero attached hydrogens (tertiary/aromatic N) is 2. The number of para-hydroxylation sites is 2. The molecular formula is C35H38ClN3O3. The van der Waals surface area contributed by atoms with Crippen molar-refractivity contribution in [2.45, 2.75) is 25.7 Å². The number of likely N-dealkylation sites (tertiary alicyclic amines) is 1. The number of carbonyl (C=O) groups is 2. The zero-order valence-electron chi connectivity index (χ0n) is 23.8. The number of halogens is 1. The van der Waals surface area contributed by atoms with Crippen LogP contribution in [0.2, 0.25) is 0 Å². The summed E-state index contributed by atoms with van der Waals surface area (Å²) >= 11 is 5.48. The van der Waals surface area contributed by atoms with Crippen LogP contribution in [-0.4, -0.2) is 51.4 Å². The van der Waals surface area contributed by atoms with E-state index in [0.29, 0.717) is 12.0 Å². The number of aromatic nitrogens is 2. The predicted octanol–water partition coefficient (Wildman–Crippen LogP) is 8.24. The lowest BCUT2D eigenvalue weighted by Gasteiger charge is -2.31. The third-order valence-corrected chi connectivity index (χ3v) is 7.18. The summed E-state index contributed by atoms with van der Waals surface area (Å²) in [7, 11) is 0. The number of carboxylic acids is 1. The number of aromatic carboxylic acids is 1. The molecule has 2 aromatic carbocycles. The Morgan fingerprint density at radius 3 is 2.38 bits per heavy atom. The molecule has 0 bridgehead atoms. The van der Waals surface area contributed by atoms with Gasteiger partial charge in [0.1, 0.15) is 5.82 Å². The van der Waals surface area contributed by atoms with Gasteiger partial charge in [0.05, 0.1) is 16.6 Å². The third-order valence-electron chi connectivity index (χ3n) is 7.04. The molecule has 1 fully saturated rings. The second-order valence-electron chi connectivity index (χ2n) is 9.93. The zero-order valence-corrected chi connectivity index (χ0v) is 24.6. The van der Waals surface area contributed by atoms with E-state index < -0.39 is 5.97 Å². The molecule has 0 amide bonds. The van der Waals surface area contributed by atoms with Gasteiger partial charge in [-0.2, -0.15) is 0 Å². The van der Waals surface area contributed by atoms with Crippen LogP contribution < -0.4 is 0 Å². The fourth-order valence-electron chi connectivity index (χ4n) is 4.89. The van der Waals surface area contributed by atoms with Gasteiger partial charge in [-0.3, -0.25) is 4.79 Å². The summed E-state index contributed by atoms with van der Waals surface area (Å²) in [5, 5.41) is 9.13. The number of hydrogen-bond acceptors (Lipinski definition) is 4. The second-order valence-corrected chi connectivity index (χ2v) is 10.2. The minimum atomic E-state index is -1.03. The lowest BCUT2D eigenvalue weighted by molar-refractivity contribution is 0.0697. The van der Waals surface area contributed by atoms with Crippen LogP contribution in [-0.2, 0) is 0 Å². The van der Waals surface area contributed by atoms with Gasteiger partial charge in [0.25, 0.3) is 0 Å². The van der Waals surface area contributed by atoms with Crippen molar-refractivity contribution in [3.63, 3.8) is 0 Å². The van der Waals surface area contributed by atoms with E-state index in [2.05, 4.69) is 34.6 Å². The van der Waals surface area contributed by atoms with Crippen molar-refractivity contribution in [2.24, 2.45) is 5.92 Å². The van der Waals surface area contributed by atoms with Crippen LogP contribution in [0.15, 0.2) is 116 Å². The van der Waals surface area contributed by atoms with E-state index in [1.165, 1.54) is 36.9 Å². The molecule has 218 valence electrons. The van der Waals surface area contributed by atoms with Gasteiger partial charge in [0.15, 0.2) is 5.78 Å². The number of hydrogen-bond donors (Lipinski definition) is 2. The molecule has 2 N–H and O–H groups in total. The van der Waals surface area contributed by atoms with Crippen molar-refractivity contribution in [3.8, 4) is 0 Å². The fraction of sp³-hybridized carbons (Fsp3) is 0.229. The van der Waals surface area contributed by atoms with E-state index in [1.807, 2.05) is 36.4 Å². The zero-order chi connectivity index (χ0) is 30.3. The summed E-state index contributed by atoms with van der Waals surface area (Å²) in [5.74, 6) is -0.259. The smallest absolute Gasteiger partial charge is 0.335 e. The number of carboxylic acid groups (broad SMARTS) is 1. The summed E-state index contributed by atoms with van der Waals surface area (Å²) in [6.45, 7) is 14.3. The Morgan fingerprint density at radius 1 is 1.00 bits per heavy atom. The number of allylic oxidation sites excluding steroid dienone is 7. The van der Waals surface area contributed by atoms with Gasteiger partial charge in [-0.25, -0.2) is 9.78 Å². The maximum atomic E-state index is 12.8. The molecule has 6 nitrogen and oxygen atoms in total. The highest BCUT2D eigenvalue weighted by Gasteiger charge is 2.22. The maximum absolute atomic E-state index is 12.8. The van der Waals surface area contributed by atoms with Gasteiger partial charge in [-0.1, -0.05) is 98.5 Å². The highest BCUT2D eigenvalue weighted by atomic mass is 35.5. The number of benzene rings is 2. The lowest BCUT2D eigenvalue weighted by Crippen LogP contribution is -2.35. The van der Waals surface area contributed by atoms with Crippen LogP contribution in [0.25, 0.3) is 16.6 Å². The van der Waals surface area contributed by atoms with Gasteiger partial charge in [-0.05, 0) is 55.8 Å². The van der Waals surface area contributed by atoms with Gasteiger partial charge in [0, 0.05) is 35.6 Å². The Bertz CT molecular complexity index is 1460. The van der Waals surface area contributed by atoms with Crippen LogP contribution in [0.4, 0.5) is 0 Å². The first-order chi connectivity index (χ1) is 20.4. The second kappa shape index (κ2) is 16.9. The minimum absolute atomic E-state index is 0.0181. The number of fused-ring (bicyclic) bond motifs is 1. The van der Waals surface area contributed by atoms with Crippen LogP contribution in [0.3, 0.4) is 0 Å². The number of ketones is 1. The summed E-state index contributed by atoms with van der Waals surface area (Å²) in [6, 6.07) is 14.1. The van der Waals surface area contributed by atoms with Crippen molar-refractivity contribution in [3.05, 3.63) is 133 Å². The fourth-order valence-corrected chi connectivity index (χ4v) is 4.96. The molecule has 3 aromatic rings. The molecule has 42 heavy (non-hydrogen) atoms. The first-order valence-corrected chi connectivity index (χ1v) is 14.4. The highest BCUT2D eigenvalue weighted by molar-refractivity contribution is 6.25. The molecule has 7 heteroatoms. The Labute approximate surface area is 253 Å². The number of carbonyl (C=O) groups excluding carboxylic acids is 1. The number of imidazole rings is 1. The first kappa shape index (κ1) is 32.3. The largest absolute Gasteiger partial charge is 0.478 e. The number of H-pyrrole nitrogens is 1. The normalized spacial score (nSPS) is 15.1. The third kappa shape index (κ3) is 9.40. The molecule has 4 rings (SSSR count). The monoisotopic (exact) mass is 583 g/mol. The standard InChI is InChI=1S/C22H27NO3.C13H11ClN2/c1-3-9-17(4-2)20(16-23-12-6-5-7-13-23)15-21(24)18-10-8-11-19(14-18)22(25)26;1-2-10(6-5-9-14)13-15-11-7-3-4-8-12(11)16-13/h3-4,8-11,14,20H,1-2,5-7,12-13,15-16H2,(H,25,26);2-9H,1H2,(H,15,16)/b17-9+;9-5+,10-6+. The van der Waals surface area contributed by atoms with E-state index in [1.54, 1.807) is 36.4 Å². The van der Waals surface area contributed by atoms with Gasteiger partial charge < -0.3 is 15.0 Å². The van der Waals surface area contributed by atoms with Crippen molar-refractivity contribution in [1.29, 1.82) is 0 Å². The highest BCUT2D eigenvalue weighted by Crippen LogP contribution is 2.23. The maximum Gasteiger partial charge on any atom is 0.335 e. The number of rotatable bonds is 12. The molecule has 1 aliphatic heterocycles. The van der Waals surface area contributed by atoms with E-state index in [9.17, 15) is 9.59 Å². The summed E-state index contributed by atoms with van der Waals surface area (Å²) in [4.78, 5) is 34.0. The number of aromatic amines is 1. The van der Waals surface area contributed by atoms with Crippen molar-refractivity contribution in [1.82, 2.24) is 14.9 Å². The Morgan fingerprint density at radius 2 is 1.74 bits per heavy atom. The summed E-state index contributed by atoms with van der Waals surface area (Å²) in [5.41, 5.74) is 5.89. The molecule has 0 aliphatic carbocycles. The van der Waals surface area contributed by atoms with Crippen molar-refractivity contribution in [2.75, 3.05) is 19.6 Å². The Hall–Kier alpha value is -4.26. The van der Waals surface area contributed by atoms with Crippen molar-refractivity contribution < 1.29 is 14.7 Å². The van der Waals surface area contributed by atoms with E-state index in [4.69, 9.17) is 16.7 Å². The number of piperidine rings is 1. The number of nitrogens with one attached hydrogen (secondary N) is 1. The van der Waals surface area contributed by atoms with Gasteiger partial charge >= 0.3 is 5.97 Å². The Balaban J connectivity index is 0.000000258. The van der Waals surface area contributed by atoms with Crippen molar-refractivity contribution >= 4 is 40.0 Å². The van der Waals surface area contributed by atoms with E-state index in [-0.39, 0.29) is 17.3 Å². The molecule has 2 heterocycles. The molecule has 1 aliphatic rings. The number of Topliss-reactive ketones (excluding diaryl/α,β-unsaturated/α-hetero) is 1. The lowest BCUT2D eigenvalue weighted by atomic mass is 9.89. The van der Waals surface area contributed by atoms with E-state index >= 15 is 0 Å². The molecule has 1 aromatic heterocycles. The van der Waals surface area contributed by atoms with Gasteiger partial charge in [0.2, 0.25) is 0 Å². The van der Waals surface area contributed by atoms with Crippen LogP contribution in [0.1, 0.15) is 52.2 Å². The van der Waals surface area contributed by atoms with E-state index in [0.717, 1.165) is 47.6 Å². The molecule has 0 radical (unpaired) electrons. The molecule has 0 saturated carbocycles. The van der Waals surface area contributed by atoms with Gasteiger partial charge in [-0.15, -0.1) is 0 Å². The molecule has 0 spiro atoms. The van der Waals surface area contributed by atoms with Crippen LogP contribution in [0.5, 0.6) is 0 Å². The average Bonchev–Trinajstić information content (AvgIpc) is 3.45. The molecule has 1 atom stereocenters. The predicted molar refractivity (Wildman–Crippen MR) is 174 cm³/mol. The summed E-state index contributed by atoms with van der Waals surface area (Å²) in [6.07, 6.45) is 14.7. The topological polar surface area (TPSA) is 86.3 Å². The molecule has 1 saturated heterocycles. The van der Waals surface area contributed by atoms with Crippen LogP contribution in [0, 0.1) is 5.92 Å².